The number of hydrogen-bond acceptors (Lipinski definition) is 2. The van der Waals surface area contributed by atoms with Crippen LogP contribution in [-0.2, 0) is 9.47 Å². The third-order valence-corrected chi connectivity index (χ3v) is 4.03. The summed E-state index contributed by atoms with van der Waals surface area (Å²) in [6.07, 6.45) is 4.99. The molecule has 0 aliphatic heterocycles. The summed E-state index contributed by atoms with van der Waals surface area (Å²) in [6, 6.07) is 10.4. The van der Waals surface area contributed by atoms with Gasteiger partial charge in [0.15, 0.2) is 0 Å². The van der Waals surface area contributed by atoms with E-state index >= 15 is 0 Å². The van der Waals surface area contributed by atoms with Crippen LogP contribution in [-0.4, -0.2) is 34.5 Å². The second-order valence-corrected chi connectivity index (χ2v) is 5.32. The van der Waals surface area contributed by atoms with Crippen LogP contribution in [0.15, 0.2) is 30.3 Å². The molecule has 0 N–H and O–H groups in total. The zero-order valence-electron chi connectivity index (χ0n) is 9.39. The molecule has 1 aromatic carbocycles. The number of rotatable bonds is 7. The average Bonchev–Trinajstić information content (AvgIpc) is 2.34. The zero-order valence-corrected chi connectivity index (χ0v) is 11.1. The van der Waals surface area contributed by atoms with Crippen LogP contribution in [0.4, 0.5) is 0 Å². The topological polar surface area (TPSA) is 18.5 Å². The summed E-state index contributed by atoms with van der Waals surface area (Å²) < 4.78 is 12.2. The normalized spacial score (nSPS) is 12.0. The van der Waals surface area contributed by atoms with Crippen molar-refractivity contribution < 1.29 is 9.47 Å². The van der Waals surface area contributed by atoms with Gasteiger partial charge in [-0.1, -0.05) is 0 Å². The van der Waals surface area contributed by atoms with E-state index < -0.39 is 0 Å². The van der Waals surface area contributed by atoms with Crippen molar-refractivity contribution >= 4 is 19.4 Å². The van der Waals surface area contributed by atoms with Crippen LogP contribution >= 0.6 is 0 Å². The second kappa shape index (κ2) is 8.38. The van der Waals surface area contributed by atoms with Crippen LogP contribution in [0.5, 0.6) is 0 Å². The molecule has 0 aliphatic carbocycles. The summed E-state index contributed by atoms with van der Waals surface area (Å²) >= 11 is 0.371. The molecule has 16 heavy (non-hydrogen) atoms. The predicted molar refractivity (Wildman–Crippen MR) is 66.8 cm³/mol. The van der Waals surface area contributed by atoms with E-state index in [4.69, 9.17) is 15.9 Å². The molecule has 0 heterocycles. The maximum atomic E-state index is 5.46. The van der Waals surface area contributed by atoms with E-state index in [2.05, 4.69) is 30.2 Å². The summed E-state index contributed by atoms with van der Waals surface area (Å²) in [5.74, 6) is 2.46. The van der Waals surface area contributed by atoms with Crippen molar-refractivity contribution in [2.75, 3.05) is 13.2 Å². The van der Waals surface area contributed by atoms with Gasteiger partial charge in [0.2, 0.25) is 0 Å². The molecule has 0 aromatic heterocycles. The van der Waals surface area contributed by atoms with Gasteiger partial charge >= 0.3 is 103 Å². The van der Waals surface area contributed by atoms with E-state index in [-0.39, 0.29) is 6.29 Å². The summed E-state index contributed by atoms with van der Waals surface area (Å²) in [7, 11) is 0. The first-order valence-electron chi connectivity index (χ1n) is 5.21. The van der Waals surface area contributed by atoms with Crippen molar-refractivity contribution in [2.45, 2.75) is 18.5 Å². The standard InChI is InChI=1S/C13H16O2Se/c1-3-10-15-13(14-4-2)11-16-12-8-6-5-7-9-12/h1,5-9,13H,4,10-11H2,2H3. The van der Waals surface area contributed by atoms with Crippen molar-refractivity contribution in [1.82, 2.24) is 0 Å². The molecule has 0 saturated heterocycles. The number of terminal acetylenes is 1. The van der Waals surface area contributed by atoms with E-state index in [0.717, 1.165) is 5.32 Å². The molecule has 0 aliphatic rings. The fourth-order valence-electron chi connectivity index (χ4n) is 1.15. The molecule has 0 fully saturated rings. The van der Waals surface area contributed by atoms with Gasteiger partial charge in [0.25, 0.3) is 0 Å². The third kappa shape index (κ3) is 5.34. The van der Waals surface area contributed by atoms with Crippen molar-refractivity contribution in [3.63, 3.8) is 0 Å². The summed E-state index contributed by atoms with van der Waals surface area (Å²) in [5, 5.41) is 0.895. The van der Waals surface area contributed by atoms with E-state index in [1.807, 2.05) is 13.0 Å². The van der Waals surface area contributed by atoms with Crippen molar-refractivity contribution in [2.24, 2.45) is 0 Å². The molecule has 0 radical (unpaired) electrons. The van der Waals surface area contributed by atoms with Gasteiger partial charge in [-0.3, -0.25) is 0 Å². The Morgan fingerprint density at radius 2 is 2.06 bits per heavy atom. The Balaban J connectivity index is 2.35. The zero-order chi connectivity index (χ0) is 11.6. The van der Waals surface area contributed by atoms with E-state index in [9.17, 15) is 0 Å². The first-order chi connectivity index (χ1) is 7.86. The Hall–Kier alpha value is -0.781. The SMILES string of the molecule is C#CCOC(C[Se]c1ccccc1)OCC. The predicted octanol–water partition coefficient (Wildman–Crippen LogP) is 1.45. The Labute approximate surface area is 103 Å². The minimum absolute atomic E-state index is 0.166. The van der Waals surface area contributed by atoms with E-state index in [0.29, 0.717) is 28.2 Å². The molecule has 0 saturated carbocycles. The van der Waals surface area contributed by atoms with Gasteiger partial charge in [-0.05, 0) is 0 Å². The van der Waals surface area contributed by atoms with Crippen molar-refractivity contribution in [3.8, 4) is 12.3 Å². The van der Waals surface area contributed by atoms with Crippen LogP contribution in [0.1, 0.15) is 6.92 Å². The minimum atomic E-state index is -0.166. The van der Waals surface area contributed by atoms with Gasteiger partial charge in [0.05, 0.1) is 0 Å². The molecule has 1 unspecified atom stereocenters. The Bertz CT molecular complexity index is 318. The van der Waals surface area contributed by atoms with E-state index in [1.54, 1.807) is 0 Å². The summed E-state index contributed by atoms with van der Waals surface area (Å²) in [6.45, 7) is 2.93. The number of benzene rings is 1. The molecule has 1 atom stereocenters. The van der Waals surface area contributed by atoms with Gasteiger partial charge in [-0.2, -0.15) is 0 Å². The van der Waals surface area contributed by atoms with Gasteiger partial charge in [0, 0.05) is 0 Å². The van der Waals surface area contributed by atoms with Crippen molar-refractivity contribution in [3.05, 3.63) is 30.3 Å². The van der Waals surface area contributed by atoms with Gasteiger partial charge in [-0.15, -0.1) is 0 Å². The van der Waals surface area contributed by atoms with E-state index in [1.165, 1.54) is 4.46 Å². The maximum absolute atomic E-state index is 5.46. The van der Waals surface area contributed by atoms with Crippen LogP contribution in [0.2, 0.25) is 5.32 Å². The van der Waals surface area contributed by atoms with Crippen LogP contribution in [0.3, 0.4) is 0 Å². The fourth-order valence-corrected chi connectivity index (χ4v) is 2.98. The second-order valence-electron chi connectivity index (χ2n) is 3.02. The molecule has 3 heteroatoms. The Kier molecular flexibility index (Phi) is 6.96. The monoisotopic (exact) mass is 284 g/mol. The van der Waals surface area contributed by atoms with Crippen molar-refractivity contribution in [1.29, 1.82) is 0 Å². The molecule has 0 bridgehead atoms. The fraction of sp³-hybridized carbons (Fsp3) is 0.385. The molecule has 1 aromatic rings. The van der Waals surface area contributed by atoms with Gasteiger partial charge in [0.1, 0.15) is 0 Å². The Morgan fingerprint density at radius 3 is 2.69 bits per heavy atom. The number of hydrogen-bond donors (Lipinski definition) is 0. The summed E-state index contributed by atoms with van der Waals surface area (Å²) in [4.78, 5) is 0. The third-order valence-electron chi connectivity index (χ3n) is 1.83. The molecule has 0 spiro atoms. The molecular formula is C13H16O2Se. The number of ether oxygens (including phenoxy) is 2. The average molecular weight is 283 g/mol. The quantitative estimate of drug-likeness (QED) is 0.428. The first-order valence-corrected chi connectivity index (χ1v) is 7.28. The molecule has 86 valence electrons. The Morgan fingerprint density at radius 1 is 1.31 bits per heavy atom. The van der Waals surface area contributed by atoms with Crippen LogP contribution in [0.25, 0.3) is 0 Å². The van der Waals surface area contributed by atoms with Gasteiger partial charge < -0.3 is 0 Å². The first kappa shape index (κ1) is 13.3. The van der Waals surface area contributed by atoms with Crippen LogP contribution in [0, 0.1) is 12.3 Å². The molecular weight excluding hydrogens is 267 g/mol. The van der Waals surface area contributed by atoms with Gasteiger partial charge in [-0.25, -0.2) is 0 Å². The van der Waals surface area contributed by atoms with Crippen LogP contribution < -0.4 is 4.46 Å². The molecule has 0 amide bonds. The molecule has 1 rings (SSSR count). The molecule has 2 nitrogen and oxygen atoms in total. The summed E-state index contributed by atoms with van der Waals surface area (Å²) in [5.41, 5.74) is 0.